The largest absolute Gasteiger partial charge is 0.459 e. The second kappa shape index (κ2) is 4.85. The van der Waals surface area contributed by atoms with Crippen LogP contribution in [0.3, 0.4) is 0 Å². The molecule has 3 N–H and O–H groups in total. The number of nitrogen functional groups attached to an aromatic ring is 1. The number of aliphatic hydroxyl groups excluding tert-OH is 1. The molecule has 1 saturated carbocycles. The molecule has 1 fully saturated rings. The van der Waals surface area contributed by atoms with Crippen molar-refractivity contribution in [3.05, 3.63) is 34.7 Å². The van der Waals surface area contributed by atoms with Gasteiger partial charge < -0.3 is 15.3 Å². The minimum Gasteiger partial charge on any atom is -0.459 e. The molecule has 1 aliphatic carbocycles. The van der Waals surface area contributed by atoms with Gasteiger partial charge in [-0.05, 0) is 36.5 Å². The molecule has 1 aliphatic rings. The Morgan fingerprint density at radius 2 is 2.18 bits per heavy atom. The molecule has 2 aromatic heterocycles. The van der Waals surface area contributed by atoms with E-state index in [1.54, 1.807) is 12.1 Å². The molecule has 0 spiro atoms. The number of rotatable bonds is 3. The number of nitrogens with two attached hydrogens (primary N) is 1. The lowest BCUT2D eigenvalue weighted by Crippen LogP contribution is -2.06. The second-order valence-electron chi connectivity index (χ2n) is 6.54. The second-order valence-corrected chi connectivity index (χ2v) is 6.54. The van der Waals surface area contributed by atoms with Crippen molar-refractivity contribution in [3.63, 3.8) is 0 Å². The number of anilines is 1. The first kappa shape index (κ1) is 14.6. The van der Waals surface area contributed by atoms with Gasteiger partial charge in [-0.3, -0.25) is 0 Å². The molecule has 3 rings (SSSR count). The predicted octanol–water partition coefficient (Wildman–Crippen LogP) is 3.11. The van der Waals surface area contributed by atoms with E-state index in [0.29, 0.717) is 28.6 Å². The lowest BCUT2D eigenvalue weighted by atomic mass is 9.95. The summed E-state index contributed by atoms with van der Waals surface area (Å²) in [6.07, 6.45) is 1.06. The third-order valence-electron chi connectivity index (χ3n) is 4.53. The molecule has 1 atom stereocenters. The zero-order valence-electron chi connectivity index (χ0n) is 13.0. The number of pyridine rings is 1. The zero-order chi connectivity index (χ0) is 16.1. The molecule has 2 aromatic rings. The summed E-state index contributed by atoms with van der Waals surface area (Å²) in [6, 6.07) is 5.59. The summed E-state index contributed by atoms with van der Waals surface area (Å²) >= 11 is 0. The maximum Gasteiger partial charge on any atom is 0.142 e. The Morgan fingerprint density at radius 1 is 1.50 bits per heavy atom. The van der Waals surface area contributed by atoms with Crippen molar-refractivity contribution in [2.75, 3.05) is 5.73 Å². The van der Waals surface area contributed by atoms with Crippen molar-refractivity contribution >= 4 is 5.82 Å². The highest BCUT2D eigenvalue weighted by molar-refractivity contribution is 5.76. The summed E-state index contributed by atoms with van der Waals surface area (Å²) in [5, 5.41) is 18.6. The van der Waals surface area contributed by atoms with Crippen LogP contribution in [0.2, 0.25) is 0 Å². The van der Waals surface area contributed by atoms with Crippen LogP contribution in [0.5, 0.6) is 0 Å². The van der Waals surface area contributed by atoms with Crippen molar-refractivity contribution in [2.45, 2.75) is 39.7 Å². The molecule has 22 heavy (non-hydrogen) atoms. The molecule has 0 bridgehead atoms. The molecular formula is C17H19N3O2. The van der Waals surface area contributed by atoms with Gasteiger partial charge in [0.2, 0.25) is 0 Å². The highest BCUT2D eigenvalue weighted by atomic mass is 16.4. The van der Waals surface area contributed by atoms with E-state index in [9.17, 15) is 10.4 Å². The first-order chi connectivity index (χ1) is 10.4. The van der Waals surface area contributed by atoms with Crippen LogP contribution in [-0.4, -0.2) is 10.1 Å². The number of aromatic nitrogens is 1. The molecule has 114 valence electrons. The third kappa shape index (κ3) is 2.16. The summed E-state index contributed by atoms with van der Waals surface area (Å²) in [5.41, 5.74) is 9.12. The number of nitrogens with zero attached hydrogens (tertiary/aromatic N) is 2. The molecule has 5 nitrogen and oxygen atoms in total. The van der Waals surface area contributed by atoms with Gasteiger partial charge in [0.05, 0.1) is 5.69 Å². The molecule has 0 aromatic carbocycles. The summed E-state index contributed by atoms with van der Waals surface area (Å²) in [5.74, 6) is 1.60. The number of aliphatic hydroxyl groups is 1. The van der Waals surface area contributed by atoms with Gasteiger partial charge in [-0.2, -0.15) is 5.26 Å². The summed E-state index contributed by atoms with van der Waals surface area (Å²) in [7, 11) is 0. The van der Waals surface area contributed by atoms with Gasteiger partial charge in [0.25, 0.3) is 0 Å². The standard InChI is InChI=1S/C17H19N3O2/c1-9-14(13-5-4-10(8-21)22-13)11(7-18)16(19)20-15(9)12-6-17(12,2)3/h4-5,12,21H,6,8H2,1-3H3,(H2,19,20). The zero-order valence-corrected chi connectivity index (χ0v) is 13.0. The third-order valence-corrected chi connectivity index (χ3v) is 4.53. The Hall–Kier alpha value is -2.32. The monoisotopic (exact) mass is 297 g/mol. The lowest BCUT2D eigenvalue weighted by molar-refractivity contribution is 0.248. The molecule has 0 aliphatic heterocycles. The minimum absolute atomic E-state index is 0.177. The normalized spacial score (nSPS) is 19.0. The fraction of sp³-hybridized carbons (Fsp3) is 0.412. The lowest BCUT2D eigenvalue weighted by Gasteiger charge is -2.14. The number of furan rings is 1. The van der Waals surface area contributed by atoms with E-state index >= 15 is 0 Å². The Kier molecular flexibility index (Phi) is 3.22. The average Bonchev–Trinajstić information content (AvgIpc) is 2.89. The van der Waals surface area contributed by atoms with Crippen molar-refractivity contribution in [1.82, 2.24) is 4.98 Å². The topological polar surface area (TPSA) is 96.1 Å². The smallest absolute Gasteiger partial charge is 0.142 e. The fourth-order valence-electron chi connectivity index (χ4n) is 3.00. The first-order valence-corrected chi connectivity index (χ1v) is 7.29. The minimum atomic E-state index is -0.177. The van der Waals surface area contributed by atoms with Crippen LogP contribution in [0.15, 0.2) is 16.5 Å². The van der Waals surface area contributed by atoms with Crippen molar-refractivity contribution < 1.29 is 9.52 Å². The van der Waals surface area contributed by atoms with E-state index in [1.165, 1.54) is 0 Å². The van der Waals surface area contributed by atoms with Crippen LogP contribution in [0.25, 0.3) is 11.3 Å². The Bertz CT molecular complexity index is 784. The fourth-order valence-corrected chi connectivity index (χ4v) is 3.00. The maximum absolute atomic E-state index is 9.44. The van der Waals surface area contributed by atoms with Crippen LogP contribution >= 0.6 is 0 Å². The van der Waals surface area contributed by atoms with Crippen LogP contribution < -0.4 is 5.73 Å². The number of hydrogen-bond acceptors (Lipinski definition) is 5. The average molecular weight is 297 g/mol. The predicted molar refractivity (Wildman–Crippen MR) is 82.9 cm³/mol. The van der Waals surface area contributed by atoms with E-state index in [4.69, 9.17) is 10.2 Å². The Morgan fingerprint density at radius 3 is 2.68 bits per heavy atom. The molecular weight excluding hydrogens is 278 g/mol. The maximum atomic E-state index is 9.44. The summed E-state index contributed by atoms with van der Waals surface area (Å²) in [6.45, 7) is 6.17. The van der Waals surface area contributed by atoms with Gasteiger partial charge >= 0.3 is 0 Å². The van der Waals surface area contributed by atoms with Gasteiger partial charge in [0.1, 0.15) is 35.6 Å². The summed E-state index contributed by atoms with van der Waals surface area (Å²) < 4.78 is 5.62. The van der Waals surface area contributed by atoms with Crippen LogP contribution in [0.4, 0.5) is 5.82 Å². The van der Waals surface area contributed by atoms with E-state index < -0.39 is 0 Å². The van der Waals surface area contributed by atoms with E-state index in [2.05, 4.69) is 24.9 Å². The van der Waals surface area contributed by atoms with Crippen molar-refractivity contribution in [3.8, 4) is 17.4 Å². The first-order valence-electron chi connectivity index (χ1n) is 7.29. The van der Waals surface area contributed by atoms with Gasteiger partial charge in [-0.15, -0.1) is 0 Å². The highest BCUT2D eigenvalue weighted by Crippen LogP contribution is 2.59. The molecule has 1 unspecified atom stereocenters. The van der Waals surface area contributed by atoms with Gasteiger partial charge in [0, 0.05) is 11.5 Å². The molecule has 0 saturated heterocycles. The number of hydrogen-bond donors (Lipinski definition) is 2. The van der Waals surface area contributed by atoms with Crippen LogP contribution in [-0.2, 0) is 6.61 Å². The Balaban J connectivity index is 2.21. The van der Waals surface area contributed by atoms with Crippen molar-refractivity contribution in [2.24, 2.45) is 5.41 Å². The highest BCUT2D eigenvalue weighted by Gasteiger charge is 2.48. The van der Waals surface area contributed by atoms with Gasteiger partial charge in [-0.1, -0.05) is 13.8 Å². The summed E-state index contributed by atoms with van der Waals surface area (Å²) in [4.78, 5) is 4.48. The van der Waals surface area contributed by atoms with E-state index in [0.717, 1.165) is 17.7 Å². The van der Waals surface area contributed by atoms with Crippen LogP contribution in [0, 0.1) is 23.7 Å². The van der Waals surface area contributed by atoms with E-state index in [-0.39, 0.29) is 17.8 Å². The molecule has 0 radical (unpaired) electrons. The van der Waals surface area contributed by atoms with Gasteiger partial charge in [-0.25, -0.2) is 4.98 Å². The molecule has 2 heterocycles. The number of nitriles is 1. The Labute approximate surface area is 129 Å². The van der Waals surface area contributed by atoms with Crippen LogP contribution in [0.1, 0.15) is 48.8 Å². The van der Waals surface area contributed by atoms with E-state index in [1.807, 2.05) is 6.92 Å². The SMILES string of the molecule is Cc1c(C2CC2(C)C)nc(N)c(C#N)c1-c1ccc(CO)o1. The quantitative estimate of drug-likeness (QED) is 0.907. The van der Waals surface area contributed by atoms with Crippen molar-refractivity contribution in [1.29, 1.82) is 5.26 Å². The van der Waals surface area contributed by atoms with Gasteiger partial charge in [0.15, 0.2) is 0 Å². The molecule has 5 heteroatoms. The molecule has 0 amide bonds.